The van der Waals surface area contributed by atoms with Gasteiger partial charge in [0.05, 0.1) is 12.9 Å². The topological polar surface area (TPSA) is 45.9 Å². The van der Waals surface area contributed by atoms with Crippen molar-refractivity contribution in [1.29, 1.82) is 0 Å². The molecule has 0 atom stereocenters. The highest BCUT2D eigenvalue weighted by molar-refractivity contribution is 6.30. The molecule has 0 saturated carbocycles. The predicted molar refractivity (Wildman–Crippen MR) is 131 cm³/mol. The summed E-state index contributed by atoms with van der Waals surface area (Å²) in [5.74, 6) is 0.758. The van der Waals surface area contributed by atoms with Crippen molar-refractivity contribution in [2.75, 3.05) is 37.7 Å². The van der Waals surface area contributed by atoms with E-state index < -0.39 is 0 Å². The van der Waals surface area contributed by atoms with Gasteiger partial charge in [-0.1, -0.05) is 17.7 Å². The Morgan fingerprint density at radius 1 is 1.12 bits per heavy atom. The molecule has 2 aromatic carbocycles. The Morgan fingerprint density at radius 3 is 2.59 bits per heavy atom. The highest BCUT2D eigenvalue weighted by atomic mass is 35.5. The van der Waals surface area contributed by atoms with E-state index in [9.17, 15) is 4.79 Å². The molecule has 4 rings (SSSR count). The Labute approximate surface area is 194 Å². The van der Waals surface area contributed by atoms with Gasteiger partial charge in [-0.2, -0.15) is 0 Å². The van der Waals surface area contributed by atoms with Gasteiger partial charge in [0, 0.05) is 60.0 Å². The lowest BCUT2D eigenvalue weighted by Crippen LogP contribution is -2.48. The van der Waals surface area contributed by atoms with Crippen LogP contribution < -0.4 is 9.64 Å². The molecule has 1 aromatic heterocycles. The van der Waals surface area contributed by atoms with E-state index in [1.807, 2.05) is 49.9 Å². The lowest BCUT2D eigenvalue weighted by Gasteiger charge is -2.36. The molecule has 0 bridgehead atoms. The third-order valence-electron chi connectivity index (χ3n) is 6.04. The van der Waals surface area contributed by atoms with Crippen molar-refractivity contribution < 1.29 is 13.9 Å². The van der Waals surface area contributed by atoms with Crippen LogP contribution in [0.1, 0.15) is 30.5 Å². The number of halogens is 1. The first-order valence-corrected chi connectivity index (χ1v) is 11.4. The van der Waals surface area contributed by atoms with Crippen molar-refractivity contribution in [3.8, 4) is 5.75 Å². The van der Waals surface area contributed by atoms with E-state index in [1.165, 1.54) is 5.56 Å². The van der Waals surface area contributed by atoms with Crippen LogP contribution in [-0.4, -0.2) is 43.6 Å². The van der Waals surface area contributed by atoms with E-state index in [-0.39, 0.29) is 5.91 Å². The molecule has 0 unspecified atom stereocenters. The van der Waals surface area contributed by atoms with E-state index in [2.05, 4.69) is 17.9 Å². The van der Waals surface area contributed by atoms with Crippen LogP contribution in [0.25, 0.3) is 16.5 Å². The molecule has 6 heteroatoms. The zero-order chi connectivity index (χ0) is 22.8. The highest BCUT2D eigenvalue weighted by Gasteiger charge is 2.22. The van der Waals surface area contributed by atoms with Crippen molar-refractivity contribution in [2.24, 2.45) is 0 Å². The summed E-state index contributed by atoms with van der Waals surface area (Å²) in [5, 5.41) is 1.77. The minimum Gasteiger partial charge on any atom is -0.493 e. The van der Waals surface area contributed by atoms with E-state index in [1.54, 1.807) is 12.3 Å². The molecular formula is C26H29ClN2O3. The van der Waals surface area contributed by atoms with Crippen LogP contribution in [-0.2, 0) is 4.79 Å². The zero-order valence-electron chi connectivity index (χ0n) is 19.1. The summed E-state index contributed by atoms with van der Waals surface area (Å²) in [4.78, 5) is 17.2. The lowest BCUT2D eigenvalue weighted by molar-refractivity contribution is -0.126. The molecule has 1 aliphatic rings. The van der Waals surface area contributed by atoms with E-state index in [0.717, 1.165) is 57.2 Å². The number of carbonyl (C=O) groups is 1. The molecule has 0 radical (unpaired) electrons. The predicted octanol–water partition coefficient (Wildman–Crippen LogP) is 5.85. The second-order valence-corrected chi connectivity index (χ2v) is 8.70. The fourth-order valence-electron chi connectivity index (χ4n) is 4.21. The van der Waals surface area contributed by atoms with Crippen molar-refractivity contribution >= 4 is 39.7 Å². The number of allylic oxidation sites excluding steroid dienone is 1. The third-order valence-corrected chi connectivity index (χ3v) is 6.27. The first-order valence-electron chi connectivity index (χ1n) is 11.0. The summed E-state index contributed by atoms with van der Waals surface area (Å²) in [5.41, 5.74) is 6.00. The minimum absolute atomic E-state index is 0.0245. The van der Waals surface area contributed by atoms with Crippen LogP contribution in [0.5, 0.6) is 5.75 Å². The fourth-order valence-corrected chi connectivity index (χ4v) is 4.38. The standard InChI is InChI=1S/C26H29ClN2O3/c1-5-31-24-15-25-22(19(4)16-32-25)14-21(24)18(3)12-26(30)29-10-8-28(9-11-29)23-13-20(27)7-6-17(23)2/h6-7,12-16H,5,8-11H2,1-4H3/b18-12+. The molecule has 5 nitrogen and oxygen atoms in total. The van der Waals surface area contributed by atoms with Crippen molar-refractivity contribution in [3.05, 3.63) is 64.4 Å². The van der Waals surface area contributed by atoms with Crippen molar-refractivity contribution in [1.82, 2.24) is 4.90 Å². The molecule has 32 heavy (non-hydrogen) atoms. The number of furan rings is 1. The first kappa shape index (κ1) is 22.3. The molecule has 168 valence electrons. The summed E-state index contributed by atoms with van der Waals surface area (Å²) in [6.07, 6.45) is 3.47. The number of anilines is 1. The van der Waals surface area contributed by atoms with Gasteiger partial charge in [0.1, 0.15) is 11.3 Å². The fraction of sp³-hybridized carbons (Fsp3) is 0.346. The second kappa shape index (κ2) is 9.29. The maximum Gasteiger partial charge on any atom is 0.246 e. The summed E-state index contributed by atoms with van der Waals surface area (Å²) in [6, 6.07) is 9.91. The molecule has 1 aliphatic heterocycles. The van der Waals surface area contributed by atoms with E-state index in [4.69, 9.17) is 20.8 Å². The van der Waals surface area contributed by atoms with Gasteiger partial charge in [-0.05, 0) is 62.6 Å². The van der Waals surface area contributed by atoms with Crippen LogP contribution >= 0.6 is 11.6 Å². The number of aryl methyl sites for hydroxylation is 2. The number of amides is 1. The Hall–Kier alpha value is -2.92. The number of rotatable bonds is 5. The van der Waals surface area contributed by atoms with Gasteiger partial charge in [0.25, 0.3) is 0 Å². The van der Waals surface area contributed by atoms with Gasteiger partial charge < -0.3 is 19.0 Å². The number of piperazine rings is 1. The molecule has 0 aliphatic carbocycles. The molecule has 1 amide bonds. The number of carbonyl (C=O) groups excluding carboxylic acids is 1. The summed E-state index contributed by atoms with van der Waals surface area (Å²) in [6.45, 7) is 11.5. The Morgan fingerprint density at radius 2 is 1.88 bits per heavy atom. The number of nitrogens with zero attached hydrogens (tertiary/aromatic N) is 2. The SMILES string of the molecule is CCOc1cc2occ(C)c2cc1/C(C)=C/C(=O)N1CCN(c2cc(Cl)ccc2C)CC1. The maximum absolute atomic E-state index is 13.0. The molecular weight excluding hydrogens is 424 g/mol. The van der Waals surface area contributed by atoms with Gasteiger partial charge >= 0.3 is 0 Å². The number of hydrogen-bond donors (Lipinski definition) is 0. The van der Waals surface area contributed by atoms with Crippen LogP contribution in [0.3, 0.4) is 0 Å². The van der Waals surface area contributed by atoms with Gasteiger partial charge in [-0.3, -0.25) is 4.79 Å². The molecule has 0 N–H and O–H groups in total. The quantitative estimate of drug-likeness (QED) is 0.455. The Kier molecular flexibility index (Phi) is 6.47. The zero-order valence-corrected chi connectivity index (χ0v) is 19.8. The van der Waals surface area contributed by atoms with Crippen LogP contribution in [0, 0.1) is 13.8 Å². The Balaban J connectivity index is 1.51. The second-order valence-electron chi connectivity index (χ2n) is 8.27. The maximum atomic E-state index is 13.0. The summed E-state index contributed by atoms with van der Waals surface area (Å²) in [7, 11) is 0. The summed E-state index contributed by atoms with van der Waals surface area (Å²) >= 11 is 6.19. The number of ether oxygens (including phenoxy) is 1. The molecule has 1 fully saturated rings. The van der Waals surface area contributed by atoms with Crippen LogP contribution in [0.2, 0.25) is 5.02 Å². The lowest BCUT2D eigenvalue weighted by atomic mass is 10.0. The van der Waals surface area contributed by atoms with Gasteiger partial charge in [0.2, 0.25) is 5.91 Å². The number of hydrogen-bond acceptors (Lipinski definition) is 4. The normalized spacial score (nSPS) is 14.8. The van der Waals surface area contributed by atoms with Crippen molar-refractivity contribution in [3.63, 3.8) is 0 Å². The van der Waals surface area contributed by atoms with Crippen LogP contribution in [0.15, 0.2) is 47.1 Å². The molecule has 2 heterocycles. The summed E-state index contributed by atoms with van der Waals surface area (Å²) < 4.78 is 11.5. The van der Waals surface area contributed by atoms with Crippen LogP contribution in [0.4, 0.5) is 5.69 Å². The van der Waals surface area contributed by atoms with E-state index in [0.29, 0.717) is 19.7 Å². The van der Waals surface area contributed by atoms with Gasteiger partial charge in [0.15, 0.2) is 0 Å². The van der Waals surface area contributed by atoms with Crippen molar-refractivity contribution in [2.45, 2.75) is 27.7 Å². The molecule has 3 aromatic rings. The molecule has 0 spiro atoms. The average molecular weight is 453 g/mol. The highest BCUT2D eigenvalue weighted by Crippen LogP contribution is 2.33. The van der Waals surface area contributed by atoms with Gasteiger partial charge in [-0.15, -0.1) is 0 Å². The third kappa shape index (κ3) is 4.49. The monoisotopic (exact) mass is 452 g/mol. The average Bonchev–Trinajstić information content (AvgIpc) is 3.15. The minimum atomic E-state index is 0.0245. The molecule has 1 saturated heterocycles. The Bertz CT molecular complexity index is 1170. The number of fused-ring (bicyclic) bond motifs is 1. The van der Waals surface area contributed by atoms with Gasteiger partial charge in [-0.25, -0.2) is 0 Å². The first-order chi connectivity index (χ1) is 15.4. The smallest absolute Gasteiger partial charge is 0.246 e. The largest absolute Gasteiger partial charge is 0.493 e. The number of benzene rings is 2. The van der Waals surface area contributed by atoms with E-state index >= 15 is 0 Å².